The molecule has 0 atom stereocenters. The molecule has 0 aliphatic carbocycles. The molecule has 0 spiro atoms. The van der Waals surface area contributed by atoms with Gasteiger partial charge in [0.25, 0.3) is 0 Å². The Bertz CT molecular complexity index is 166. The summed E-state index contributed by atoms with van der Waals surface area (Å²) in [5, 5.41) is 9.92. The van der Waals surface area contributed by atoms with E-state index in [0.717, 1.165) is 19.3 Å². The number of hydrogen-bond acceptors (Lipinski definition) is 2. The molecule has 113 valence electrons. The predicted octanol–water partition coefficient (Wildman–Crippen LogP) is 4.22. The minimum atomic E-state index is -0.920. The Kier molecular flexibility index (Phi) is 23.6. The molecule has 1 radical (unpaired) electrons. The predicted molar refractivity (Wildman–Crippen MR) is 83.6 cm³/mol. The van der Waals surface area contributed by atoms with E-state index in [1.165, 1.54) is 38.5 Å². The SMILES string of the molecule is CCCCCCCC(=O)[O-].CCC[CH2][Pb+][CH2]CCC. The Labute approximate surface area is 133 Å². The molecule has 0 unspecified atom stereocenters. The first kappa shape index (κ1) is 21.7. The van der Waals surface area contributed by atoms with Gasteiger partial charge in [-0.25, -0.2) is 0 Å². The van der Waals surface area contributed by atoms with Crippen LogP contribution in [0.1, 0.15) is 85.0 Å². The first-order valence-corrected chi connectivity index (χ1v) is 13.6. The third-order valence-electron chi connectivity index (χ3n) is 2.90. The van der Waals surface area contributed by atoms with E-state index in [1.807, 2.05) is 0 Å². The van der Waals surface area contributed by atoms with Crippen LogP contribution in [0.4, 0.5) is 0 Å². The van der Waals surface area contributed by atoms with Crippen molar-refractivity contribution in [1.82, 2.24) is 0 Å². The van der Waals surface area contributed by atoms with Crippen LogP contribution in [0.25, 0.3) is 0 Å². The number of unbranched alkanes of at least 4 members (excludes halogenated alkanes) is 6. The topological polar surface area (TPSA) is 40.1 Å². The number of rotatable bonds is 12. The zero-order valence-electron chi connectivity index (χ0n) is 13.3. The van der Waals surface area contributed by atoms with E-state index < -0.39 is 5.97 Å². The molecule has 0 bridgehead atoms. The molecule has 0 fully saturated rings. The Balaban J connectivity index is 0. The fourth-order valence-corrected chi connectivity index (χ4v) is 7.27. The van der Waals surface area contributed by atoms with Crippen molar-refractivity contribution in [3.05, 3.63) is 0 Å². The van der Waals surface area contributed by atoms with Crippen LogP contribution < -0.4 is 5.11 Å². The monoisotopic (exact) mass is 465 g/mol. The van der Waals surface area contributed by atoms with Gasteiger partial charge in [0.1, 0.15) is 0 Å². The second-order valence-electron chi connectivity index (χ2n) is 4.99. The van der Waals surface area contributed by atoms with Gasteiger partial charge in [-0.05, 0) is 12.8 Å². The van der Waals surface area contributed by atoms with Gasteiger partial charge in [-0.1, -0.05) is 32.6 Å². The summed E-state index contributed by atoms with van der Waals surface area (Å²) in [6, 6.07) is 0. The van der Waals surface area contributed by atoms with Crippen molar-refractivity contribution >= 4 is 30.2 Å². The summed E-state index contributed by atoms with van der Waals surface area (Å²) in [4.78, 5) is 9.92. The van der Waals surface area contributed by atoms with Crippen LogP contribution in [-0.4, -0.2) is 30.2 Å². The molecule has 0 aromatic carbocycles. The second-order valence-corrected chi connectivity index (χ2v) is 10.8. The molecule has 0 aromatic heterocycles. The molecule has 0 rings (SSSR count). The zero-order chi connectivity index (χ0) is 14.8. The van der Waals surface area contributed by atoms with Gasteiger partial charge >= 0.3 is 71.7 Å². The molecule has 0 amide bonds. The summed E-state index contributed by atoms with van der Waals surface area (Å²) >= 11 is -0.0390. The minimum absolute atomic E-state index is 0.0390. The molecule has 3 heteroatoms. The van der Waals surface area contributed by atoms with Crippen LogP contribution in [0.2, 0.25) is 7.96 Å². The van der Waals surface area contributed by atoms with Crippen molar-refractivity contribution in [1.29, 1.82) is 0 Å². The van der Waals surface area contributed by atoms with Gasteiger partial charge in [0.2, 0.25) is 0 Å². The molecule has 0 aromatic rings. The summed E-state index contributed by atoms with van der Waals surface area (Å²) in [5.41, 5.74) is 0. The van der Waals surface area contributed by atoms with Crippen molar-refractivity contribution in [3.8, 4) is 0 Å². The summed E-state index contributed by atoms with van der Waals surface area (Å²) in [6.07, 6.45) is 11.5. The molecular weight excluding hydrogens is 431 g/mol. The average Bonchev–Trinajstić information content (AvgIpc) is 2.39. The van der Waals surface area contributed by atoms with Gasteiger partial charge in [-0.15, -0.1) is 0 Å². The van der Waals surface area contributed by atoms with E-state index in [0.29, 0.717) is 0 Å². The van der Waals surface area contributed by atoms with Crippen LogP contribution in [0.3, 0.4) is 0 Å². The third kappa shape index (κ3) is 27.6. The van der Waals surface area contributed by atoms with E-state index in [4.69, 9.17) is 0 Å². The zero-order valence-corrected chi connectivity index (χ0v) is 17.2. The van der Waals surface area contributed by atoms with Gasteiger partial charge in [0.15, 0.2) is 0 Å². The normalized spacial score (nSPS) is 9.63. The van der Waals surface area contributed by atoms with E-state index in [-0.39, 0.29) is 30.7 Å². The fourth-order valence-electron chi connectivity index (χ4n) is 1.60. The molecule has 0 saturated carbocycles. The van der Waals surface area contributed by atoms with Gasteiger partial charge in [0.05, 0.1) is 0 Å². The van der Waals surface area contributed by atoms with Crippen LogP contribution >= 0.6 is 0 Å². The molecule has 19 heavy (non-hydrogen) atoms. The summed E-state index contributed by atoms with van der Waals surface area (Å²) < 4.78 is 3.30. The van der Waals surface area contributed by atoms with E-state index in [9.17, 15) is 9.90 Å². The van der Waals surface area contributed by atoms with Crippen molar-refractivity contribution in [2.45, 2.75) is 92.9 Å². The van der Waals surface area contributed by atoms with Gasteiger partial charge in [-0.3, -0.25) is 0 Å². The van der Waals surface area contributed by atoms with E-state index in [2.05, 4.69) is 20.8 Å². The quantitative estimate of drug-likeness (QED) is 0.320. The second kappa shape index (κ2) is 20.7. The third-order valence-corrected chi connectivity index (χ3v) is 8.40. The first-order chi connectivity index (χ1) is 9.18. The fraction of sp³-hybridized carbons (Fsp3) is 0.938. The van der Waals surface area contributed by atoms with Crippen LogP contribution in [0.15, 0.2) is 0 Å². The first-order valence-electron chi connectivity index (χ1n) is 8.09. The number of hydrogen-bond donors (Lipinski definition) is 0. The van der Waals surface area contributed by atoms with Crippen molar-refractivity contribution in [2.75, 3.05) is 0 Å². The summed E-state index contributed by atoms with van der Waals surface area (Å²) in [7, 11) is 0. The standard InChI is InChI=1S/C8H16O2.2C4H9.Pb/c1-2-3-4-5-6-7-8(9)10;2*1-3-4-2;/h2-7H2,1H3,(H,9,10);2*1,3-4H2,2H3;/q;;;+1/p-1. The van der Waals surface area contributed by atoms with Crippen LogP contribution in [0, 0.1) is 0 Å². The number of aliphatic carboxylic acids is 1. The van der Waals surface area contributed by atoms with E-state index >= 15 is 0 Å². The molecule has 0 aliphatic rings. The Morgan fingerprint density at radius 1 is 0.789 bits per heavy atom. The molecular formula is C16H33O2Pb. The summed E-state index contributed by atoms with van der Waals surface area (Å²) in [6.45, 7) is 6.73. The summed E-state index contributed by atoms with van der Waals surface area (Å²) in [5.74, 6) is -0.920. The van der Waals surface area contributed by atoms with Gasteiger partial charge < -0.3 is 9.90 Å². The molecule has 0 aliphatic heterocycles. The Hall–Kier alpha value is 0.392. The number of carboxylic acids is 1. The molecule has 2 nitrogen and oxygen atoms in total. The Morgan fingerprint density at radius 2 is 1.26 bits per heavy atom. The molecule has 0 N–H and O–H groups in total. The number of carboxylic acid groups (broad SMARTS) is 1. The van der Waals surface area contributed by atoms with E-state index in [1.54, 1.807) is 7.96 Å². The number of carbonyl (C=O) groups is 1. The van der Waals surface area contributed by atoms with Crippen LogP contribution in [0.5, 0.6) is 0 Å². The maximum atomic E-state index is 9.92. The molecule has 0 saturated heterocycles. The average molecular weight is 465 g/mol. The van der Waals surface area contributed by atoms with Gasteiger partial charge in [0, 0.05) is 5.97 Å². The Morgan fingerprint density at radius 3 is 1.68 bits per heavy atom. The van der Waals surface area contributed by atoms with Crippen molar-refractivity contribution in [3.63, 3.8) is 0 Å². The maximum absolute atomic E-state index is 9.92. The van der Waals surface area contributed by atoms with Crippen LogP contribution in [-0.2, 0) is 4.79 Å². The van der Waals surface area contributed by atoms with Crippen molar-refractivity contribution < 1.29 is 9.90 Å². The molecule has 0 heterocycles. The number of carbonyl (C=O) groups excluding carboxylic acids is 1. The van der Waals surface area contributed by atoms with Crippen molar-refractivity contribution in [2.24, 2.45) is 0 Å². The van der Waals surface area contributed by atoms with Gasteiger partial charge in [-0.2, -0.15) is 0 Å².